The van der Waals surface area contributed by atoms with E-state index in [0.29, 0.717) is 21.6 Å². The molecule has 0 unspecified atom stereocenters. The monoisotopic (exact) mass is 468 g/mol. The van der Waals surface area contributed by atoms with Gasteiger partial charge in [0.25, 0.3) is 11.6 Å². The van der Waals surface area contributed by atoms with Gasteiger partial charge in [0, 0.05) is 29.3 Å². The van der Waals surface area contributed by atoms with Gasteiger partial charge < -0.3 is 10.6 Å². The lowest BCUT2D eigenvalue weighted by Crippen LogP contribution is -2.24. The minimum atomic E-state index is -0.514. The van der Waals surface area contributed by atoms with Crippen molar-refractivity contribution in [3.63, 3.8) is 0 Å². The van der Waals surface area contributed by atoms with E-state index in [1.807, 2.05) is 30.3 Å². The fourth-order valence-electron chi connectivity index (χ4n) is 2.84. The van der Waals surface area contributed by atoms with Crippen molar-refractivity contribution in [3.8, 4) is 11.3 Å². The Morgan fingerprint density at radius 3 is 2.66 bits per heavy atom. The van der Waals surface area contributed by atoms with Crippen LogP contribution >= 0.6 is 23.1 Å². The number of anilines is 1. The highest BCUT2D eigenvalue weighted by molar-refractivity contribution is 8.01. The number of aromatic nitrogens is 1. The molecule has 0 radical (unpaired) electrons. The van der Waals surface area contributed by atoms with Crippen molar-refractivity contribution in [1.29, 1.82) is 0 Å². The molecular formula is C22H20N4O4S2. The Bertz CT molecular complexity index is 1160. The van der Waals surface area contributed by atoms with Gasteiger partial charge in [0.1, 0.15) is 10.7 Å². The molecule has 3 rings (SSSR count). The van der Waals surface area contributed by atoms with Crippen LogP contribution in [0.2, 0.25) is 0 Å². The van der Waals surface area contributed by atoms with Crippen LogP contribution in [0.1, 0.15) is 15.9 Å². The first kappa shape index (κ1) is 23.2. The number of rotatable bonds is 9. The molecule has 1 heterocycles. The Hall–Kier alpha value is -3.50. The molecule has 164 valence electrons. The number of nitro groups is 1. The SMILES string of the molecule is C=CCNC(=O)CSc1nc(-c2ccccc2)c(NC(=O)c2cccc([N+](=O)[O-])c2C)s1. The molecule has 2 N–H and O–H groups in total. The van der Waals surface area contributed by atoms with E-state index in [9.17, 15) is 19.7 Å². The first-order chi connectivity index (χ1) is 15.4. The van der Waals surface area contributed by atoms with Crippen LogP contribution in [0, 0.1) is 17.0 Å². The summed E-state index contributed by atoms with van der Waals surface area (Å²) in [5.41, 5.74) is 1.75. The third-order valence-corrected chi connectivity index (χ3v) is 6.51. The number of carbonyl (C=O) groups excluding carboxylic acids is 2. The van der Waals surface area contributed by atoms with Crippen LogP contribution < -0.4 is 10.6 Å². The maximum Gasteiger partial charge on any atom is 0.273 e. The summed E-state index contributed by atoms with van der Waals surface area (Å²) < 4.78 is 0.615. The highest BCUT2D eigenvalue weighted by atomic mass is 32.2. The second-order valence-corrected chi connectivity index (χ2v) is 8.79. The summed E-state index contributed by atoms with van der Waals surface area (Å²) in [6.45, 7) is 5.49. The van der Waals surface area contributed by atoms with Gasteiger partial charge in [-0.1, -0.05) is 65.6 Å². The average molecular weight is 469 g/mol. The number of nitrogens with zero attached hydrogens (tertiary/aromatic N) is 2. The van der Waals surface area contributed by atoms with Crippen molar-refractivity contribution in [2.24, 2.45) is 0 Å². The highest BCUT2D eigenvalue weighted by Crippen LogP contribution is 2.38. The molecule has 10 heteroatoms. The molecule has 32 heavy (non-hydrogen) atoms. The molecule has 0 saturated heterocycles. The van der Waals surface area contributed by atoms with E-state index in [4.69, 9.17) is 0 Å². The minimum Gasteiger partial charge on any atom is -0.352 e. The number of hydrogen-bond acceptors (Lipinski definition) is 7. The van der Waals surface area contributed by atoms with E-state index in [1.165, 1.54) is 35.2 Å². The molecule has 0 aliphatic rings. The zero-order valence-electron chi connectivity index (χ0n) is 17.2. The maximum absolute atomic E-state index is 13.0. The van der Waals surface area contributed by atoms with Crippen molar-refractivity contribution in [2.75, 3.05) is 17.6 Å². The van der Waals surface area contributed by atoms with Crippen molar-refractivity contribution >= 4 is 45.6 Å². The normalized spacial score (nSPS) is 10.4. The second-order valence-electron chi connectivity index (χ2n) is 6.57. The molecule has 2 aromatic carbocycles. The molecule has 0 aliphatic carbocycles. The van der Waals surface area contributed by atoms with Crippen LogP contribution in [0.25, 0.3) is 11.3 Å². The number of benzene rings is 2. The number of thioether (sulfide) groups is 1. The topological polar surface area (TPSA) is 114 Å². The number of thiazole rings is 1. The maximum atomic E-state index is 13.0. The Labute approximate surface area is 192 Å². The van der Waals surface area contributed by atoms with Gasteiger partial charge in [-0.05, 0) is 13.0 Å². The van der Waals surface area contributed by atoms with Crippen LogP contribution in [-0.4, -0.2) is 34.0 Å². The summed E-state index contributed by atoms with van der Waals surface area (Å²) in [5.74, 6) is -0.441. The zero-order chi connectivity index (χ0) is 23.1. The molecule has 0 atom stereocenters. The Morgan fingerprint density at radius 1 is 1.22 bits per heavy atom. The minimum absolute atomic E-state index is 0.119. The van der Waals surface area contributed by atoms with Crippen LogP contribution in [0.15, 0.2) is 65.5 Å². The number of carbonyl (C=O) groups is 2. The standard InChI is InChI=1S/C22H20N4O4S2/c1-3-12-23-18(27)13-31-22-24-19(15-8-5-4-6-9-15)21(32-22)25-20(28)16-10-7-11-17(14(16)2)26(29)30/h3-11H,1,12-13H2,2H3,(H,23,27)(H,25,28). The smallest absolute Gasteiger partial charge is 0.273 e. The van der Waals surface area contributed by atoms with E-state index in [1.54, 1.807) is 19.1 Å². The van der Waals surface area contributed by atoms with Gasteiger partial charge in [0.05, 0.1) is 10.7 Å². The first-order valence-corrected chi connectivity index (χ1v) is 11.3. The summed E-state index contributed by atoms with van der Waals surface area (Å²) in [4.78, 5) is 40.2. The van der Waals surface area contributed by atoms with Crippen molar-refractivity contribution in [3.05, 3.63) is 82.4 Å². The molecule has 8 nitrogen and oxygen atoms in total. The fourth-order valence-corrected chi connectivity index (χ4v) is 4.73. The molecule has 0 bridgehead atoms. The Morgan fingerprint density at radius 2 is 1.97 bits per heavy atom. The number of nitrogens with one attached hydrogen (secondary N) is 2. The van der Waals surface area contributed by atoms with Crippen molar-refractivity contribution < 1.29 is 14.5 Å². The van der Waals surface area contributed by atoms with E-state index >= 15 is 0 Å². The van der Waals surface area contributed by atoms with E-state index < -0.39 is 10.8 Å². The molecule has 2 amide bonds. The van der Waals surface area contributed by atoms with Crippen molar-refractivity contribution in [1.82, 2.24) is 10.3 Å². The molecule has 0 aliphatic heterocycles. The Kier molecular flexibility index (Phi) is 7.74. The lowest BCUT2D eigenvalue weighted by atomic mass is 10.1. The molecule has 3 aromatic rings. The predicted octanol–water partition coefficient (Wildman–Crippen LogP) is 4.67. The number of nitro benzene ring substituents is 1. The van der Waals surface area contributed by atoms with Gasteiger partial charge in [-0.2, -0.15) is 0 Å². The lowest BCUT2D eigenvalue weighted by Gasteiger charge is -2.08. The average Bonchev–Trinajstić information content (AvgIpc) is 3.19. The van der Waals surface area contributed by atoms with Gasteiger partial charge >= 0.3 is 0 Å². The van der Waals surface area contributed by atoms with Gasteiger partial charge in [0.2, 0.25) is 5.91 Å². The van der Waals surface area contributed by atoms with Gasteiger partial charge in [0.15, 0.2) is 4.34 Å². The summed E-state index contributed by atoms with van der Waals surface area (Å²) >= 11 is 2.51. The predicted molar refractivity (Wildman–Crippen MR) is 127 cm³/mol. The Balaban J connectivity index is 1.88. The fraction of sp³-hybridized carbons (Fsp3) is 0.136. The quantitative estimate of drug-likeness (QED) is 0.204. The first-order valence-electron chi connectivity index (χ1n) is 9.52. The summed E-state index contributed by atoms with van der Waals surface area (Å²) in [6.07, 6.45) is 1.60. The van der Waals surface area contributed by atoms with Crippen LogP contribution in [-0.2, 0) is 4.79 Å². The van der Waals surface area contributed by atoms with E-state index in [0.717, 1.165) is 5.56 Å². The third kappa shape index (κ3) is 5.59. The van der Waals surface area contributed by atoms with Crippen LogP contribution in [0.4, 0.5) is 10.7 Å². The summed E-state index contributed by atoms with van der Waals surface area (Å²) in [5, 5.41) is 17.3. The van der Waals surface area contributed by atoms with Gasteiger partial charge in [-0.3, -0.25) is 19.7 Å². The molecular weight excluding hydrogens is 448 g/mol. The second kappa shape index (κ2) is 10.7. The highest BCUT2D eigenvalue weighted by Gasteiger charge is 2.21. The van der Waals surface area contributed by atoms with E-state index in [2.05, 4.69) is 22.2 Å². The van der Waals surface area contributed by atoms with Crippen LogP contribution in [0.5, 0.6) is 0 Å². The largest absolute Gasteiger partial charge is 0.352 e. The van der Waals surface area contributed by atoms with Gasteiger partial charge in [-0.25, -0.2) is 4.98 Å². The molecule has 0 fully saturated rings. The lowest BCUT2D eigenvalue weighted by molar-refractivity contribution is -0.385. The molecule has 1 aromatic heterocycles. The number of hydrogen-bond donors (Lipinski definition) is 2. The number of amides is 2. The van der Waals surface area contributed by atoms with Crippen LogP contribution in [0.3, 0.4) is 0 Å². The zero-order valence-corrected chi connectivity index (χ0v) is 18.8. The van der Waals surface area contributed by atoms with Crippen molar-refractivity contribution in [2.45, 2.75) is 11.3 Å². The molecule has 0 spiro atoms. The molecule has 0 saturated carbocycles. The van der Waals surface area contributed by atoms with E-state index in [-0.39, 0.29) is 28.5 Å². The third-order valence-electron chi connectivity index (χ3n) is 4.40. The van der Waals surface area contributed by atoms with Gasteiger partial charge in [-0.15, -0.1) is 6.58 Å². The summed E-state index contributed by atoms with van der Waals surface area (Å²) in [7, 11) is 0. The summed E-state index contributed by atoms with van der Waals surface area (Å²) in [6, 6.07) is 13.7.